The maximum Gasteiger partial charge on any atom is 0.279 e. The Kier molecular flexibility index (Phi) is 6.54. The van der Waals surface area contributed by atoms with Crippen LogP contribution in [0.5, 0.6) is 0 Å². The largest absolute Gasteiger partial charge is 0.414 e. The van der Waals surface area contributed by atoms with Crippen LogP contribution < -0.4 is 10.2 Å². The number of benzene rings is 1. The third kappa shape index (κ3) is 5.35. The minimum Gasteiger partial charge on any atom is -0.414 e. The highest BCUT2D eigenvalue weighted by atomic mass is 35.5. The Morgan fingerprint density at radius 2 is 2.22 bits per heavy atom. The Morgan fingerprint density at radius 3 is 2.93 bits per heavy atom. The summed E-state index contributed by atoms with van der Waals surface area (Å²) in [4.78, 5) is 14.2. The van der Waals surface area contributed by atoms with Gasteiger partial charge in [-0.15, -0.1) is 21.5 Å². The molecule has 1 aromatic carbocycles. The predicted octanol–water partition coefficient (Wildman–Crippen LogP) is 3.02. The van der Waals surface area contributed by atoms with Crippen molar-refractivity contribution in [2.75, 3.05) is 18.4 Å². The number of aromatic nitrogens is 2. The molecule has 2 N–H and O–H groups in total. The van der Waals surface area contributed by atoms with Gasteiger partial charge in [0.25, 0.3) is 17.7 Å². The van der Waals surface area contributed by atoms with Gasteiger partial charge < -0.3 is 14.6 Å². The molecular formula is C18H19ClFN4O2S+. The summed E-state index contributed by atoms with van der Waals surface area (Å²) in [5.41, 5.74) is 0.109. The van der Waals surface area contributed by atoms with Gasteiger partial charge in [0.05, 0.1) is 17.1 Å². The quantitative estimate of drug-likeness (QED) is 0.600. The lowest BCUT2D eigenvalue weighted by atomic mass is 10.3. The number of carbonyl (C=O) groups excluding carboxylic acids is 1. The first-order valence-electron chi connectivity index (χ1n) is 8.50. The number of amides is 1. The lowest BCUT2D eigenvalue weighted by molar-refractivity contribution is -0.907. The molecule has 27 heavy (non-hydrogen) atoms. The molecule has 0 aliphatic heterocycles. The van der Waals surface area contributed by atoms with Gasteiger partial charge in [-0.2, -0.15) is 0 Å². The topological polar surface area (TPSA) is 72.5 Å². The SMILES string of the molecule is CCC[NH+](CC(=O)Nc1ccc(Cl)cc1F)Cc1nnc(-c2cccs2)o1. The molecule has 3 aromatic rings. The average molecular weight is 410 g/mol. The molecule has 0 saturated heterocycles. The van der Waals surface area contributed by atoms with Crippen molar-refractivity contribution in [3.8, 4) is 10.8 Å². The predicted molar refractivity (Wildman–Crippen MR) is 102 cm³/mol. The molecule has 1 unspecified atom stereocenters. The number of carbonyl (C=O) groups is 1. The number of quaternary nitrogens is 1. The van der Waals surface area contributed by atoms with Crippen molar-refractivity contribution in [2.24, 2.45) is 0 Å². The molecule has 0 spiro atoms. The van der Waals surface area contributed by atoms with E-state index in [0.717, 1.165) is 22.7 Å². The van der Waals surface area contributed by atoms with Crippen LogP contribution in [0.15, 0.2) is 40.1 Å². The molecule has 142 valence electrons. The standard InChI is InChI=1S/C18H18ClFN4O2S/c1-2-7-24(10-16(25)21-14-6-5-12(19)9-13(14)20)11-17-22-23-18(26-17)15-4-3-8-27-15/h3-6,8-9H,2,7,10-11H2,1H3,(H,21,25)/p+1. The van der Waals surface area contributed by atoms with Gasteiger partial charge in [-0.25, -0.2) is 4.39 Å². The number of nitrogens with one attached hydrogen (secondary N) is 2. The van der Waals surface area contributed by atoms with Crippen LogP contribution in [0.4, 0.5) is 10.1 Å². The fraction of sp³-hybridized carbons (Fsp3) is 0.278. The van der Waals surface area contributed by atoms with E-state index in [1.54, 1.807) is 0 Å². The van der Waals surface area contributed by atoms with Crippen molar-refractivity contribution >= 4 is 34.5 Å². The molecule has 2 aromatic heterocycles. The van der Waals surface area contributed by atoms with Crippen molar-refractivity contribution in [3.05, 3.63) is 52.4 Å². The van der Waals surface area contributed by atoms with Gasteiger partial charge in [0.2, 0.25) is 0 Å². The zero-order valence-corrected chi connectivity index (χ0v) is 16.2. The van der Waals surface area contributed by atoms with Crippen LogP contribution in [0.1, 0.15) is 19.2 Å². The van der Waals surface area contributed by atoms with Crippen molar-refractivity contribution in [1.82, 2.24) is 10.2 Å². The number of hydrogen-bond acceptors (Lipinski definition) is 5. The van der Waals surface area contributed by atoms with Crippen LogP contribution in [-0.4, -0.2) is 29.2 Å². The molecule has 3 rings (SSSR count). The molecule has 1 amide bonds. The van der Waals surface area contributed by atoms with E-state index in [0.29, 0.717) is 18.3 Å². The van der Waals surface area contributed by atoms with Gasteiger partial charge >= 0.3 is 0 Å². The first-order chi connectivity index (χ1) is 13.0. The molecule has 1 atom stereocenters. The molecule has 2 heterocycles. The van der Waals surface area contributed by atoms with Crippen molar-refractivity contribution in [2.45, 2.75) is 19.9 Å². The third-order valence-corrected chi connectivity index (χ3v) is 4.91. The lowest BCUT2D eigenvalue weighted by Gasteiger charge is -2.16. The number of anilines is 1. The maximum absolute atomic E-state index is 13.8. The van der Waals surface area contributed by atoms with Gasteiger partial charge in [-0.05, 0) is 36.1 Å². The summed E-state index contributed by atoms with van der Waals surface area (Å²) in [7, 11) is 0. The van der Waals surface area contributed by atoms with Crippen LogP contribution in [0, 0.1) is 5.82 Å². The van der Waals surface area contributed by atoms with Crippen molar-refractivity contribution < 1.29 is 18.5 Å². The fourth-order valence-electron chi connectivity index (χ4n) is 2.64. The van der Waals surface area contributed by atoms with Gasteiger partial charge in [-0.3, -0.25) is 4.79 Å². The monoisotopic (exact) mass is 409 g/mol. The Balaban J connectivity index is 1.62. The second-order valence-corrected chi connectivity index (χ2v) is 7.39. The Hall–Kier alpha value is -2.29. The fourth-order valence-corrected chi connectivity index (χ4v) is 3.45. The summed E-state index contributed by atoms with van der Waals surface area (Å²) in [5.74, 6) is 0.0823. The second kappa shape index (κ2) is 9.07. The highest BCUT2D eigenvalue weighted by molar-refractivity contribution is 7.13. The molecule has 0 saturated carbocycles. The normalized spacial score (nSPS) is 12.1. The Bertz CT molecular complexity index is 901. The molecule has 0 aliphatic carbocycles. The third-order valence-electron chi connectivity index (χ3n) is 3.82. The van der Waals surface area contributed by atoms with E-state index in [4.69, 9.17) is 16.0 Å². The van der Waals surface area contributed by atoms with Gasteiger partial charge in [-0.1, -0.05) is 24.6 Å². The Morgan fingerprint density at radius 1 is 1.37 bits per heavy atom. The molecule has 0 bridgehead atoms. The van der Waals surface area contributed by atoms with Crippen LogP contribution in [-0.2, 0) is 11.3 Å². The molecular weight excluding hydrogens is 391 g/mol. The van der Waals surface area contributed by atoms with E-state index in [1.165, 1.54) is 29.5 Å². The van der Waals surface area contributed by atoms with Crippen molar-refractivity contribution in [3.63, 3.8) is 0 Å². The summed E-state index contributed by atoms with van der Waals surface area (Å²) < 4.78 is 19.5. The number of halogens is 2. The summed E-state index contributed by atoms with van der Waals surface area (Å²) in [6, 6.07) is 7.96. The van der Waals surface area contributed by atoms with E-state index in [1.807, 2.05) is 24.4 Å². The van der Waals surface area contributed by atoms with Gasteiger partial charge in [0, 0.05) is 5.02 Å². The summed E-state index contributed by atoms with van der Waals surface area (Å²) >= 11 is 7.25. The van der Waals surface area contributed by atoms with Crippen LogP contribution in [0.3, 0.4) is 0 Å². The Labute approximate surface area is 165 Å². The summed E-state index contributed by atoms with van der Waals surface area (Å²) in [6.45, 7) is 3.35. The van der Waals surface area contributed by atoms with Gasteiger partial charge in [0.1, 0.15) is 5.82 Å². The first kappa shape index (κ1) is 19.5. The van der Waals surface area contributed by atoms with Crippen LogP contribution in [0.25, 0.3) is 10.8 Å². The van der Waals surface area contributed by atoms with E-state index in [9.17, 15) is 9.18 Å². The smallest absolute Gasteiger partial charge is 0.279 e. The molecule has 0 aliphatic rings. The van der Waals surface area contributed by atoms with Crippen molar-refractivity contribution in [1.29, 1.82) is 0 Å². The number of hydrogen-bond donors (Lipinski definition) is 2. The zero-order valence-electron chi connectivity index (χ0n) is 14.7. The lowest BCUT2D eigenvalue weighted by Crippen LogP contribution is -3.11. The molecule has 0 fully saturated rings. The van der Waals surface area contributed by atoms with E-state index in [2.05, 4.69) is 15.5 Å². The minimum absolute atomic E-state index is 0.109. The van der Waals surface area contributed by atoms with E-state index < -0.39 is 5.82 Å². The number of rotatable bonds is 8. The molecule has 6 nitrogen and oxygen atoms in total. The van der Waals surface area contributed by atoms with E-state index in [-0.39, 0.29) is 23.2 Å². The minimum atomic E-state index is -0.564. The summed E-state index contributed by atoms with van der Waals surface area (Å²) in [5, 5.41) is 12.9. The molecule has 0 radical (unpaired) electrons. The zero-order chi connectivity index (χ0) is 19.2. The van der Waals surface area contributed by atoms with E-state index >= 15 is 0 Å². The number of nitrogens with zero attached hydrogens (tertiary/aromatic N) is 2. The maximum atomic E-state index is 13.8. The van der Waals surface area contributed by atoms with Crippen LogP contribution >= 0.6 is 22.9 Å². The average Bonchev–Trinajstić information content (AvgIpc) is 3.29. The highest BCUT2D eigenvalue weighted by Gasteiger charge is 2.19. The first-order valence-corrected chi connectivity index (χ1v) is 9.75. The summed E-state index contributed by atoms with van der Waals surface area (Å²) in [6.07, 6.45) is 0.879. The number of thiophene rings is 1. The van der Waals surface area contributed by atoms with Gasteiger partial charge in [0.15, 0.2) is 13.1 Å². The second-order valence-electron chi connectivity index (χ2n) is 6.00. The molecule has 9 heteroatoms. The highest BCUT2D eigenvalue weighted by Crippen LogP contribution is 2.22. The van der Waals surface area contributed by atoms with Crippen LogP contribution in [0.2, 0.25) is 5.02 Å².